The summed E-state index contributed by atoms with van der Waals surface area (Å²) in [6.45, 7) is 0.409. The molecule has 0 aliphatic carbocycles. The molecule has 0 aromatic heterocycles. The SMILES string of the molecule is Fc1ccc(Br)cc1NCc1cc(Cl)ccc1Cl. The highest BCUT2D eigenvalue weighted by Gasteiger charge is 2.05. The Morgan fingerprint density at radius 3 is 2.67 bits per heavy atom. The summed E-state index contributed by atoms with van der Waals surface area (Å²) in [5.41, 5.74) is 1.24. The van der Waals surface area contributed by atoms with Gasteiger partial charge in [-0.05, 0) is 42.0 Å². The van der Waals surface area contributed by atoms with Gasteiger partial charge in [0.2, 0.25) is 0 Å². The molecule has 0 atom stereocenters. The molecule has 5 heteroatoms. The topological polar surface area (TPSA) is 12.0 Å². The Bertz CT molecular complexity index is 523. The minimum absolute atomic E-state index is 0.309. The number of benzene rings is 2. The lowest BCUT2D eigenvalue weighted by Gasteiger charge is -2.09. The van der Waals surface area contributed by atoms with Crippen LogP contribution < -0.4 is 5.32 Å². The highest BCUT2D eigenvalue weighted by Crippen LogP contribution is 2.24. The molecule has 0 bridgehead atoms. The number of rotatable bonds is 3. The Labute approximate surface area is 123 Å². The van der Waals surface area contributed by atoms with Crippen molar-refractivity contribution >= 4 is 44.8 Å². The van der Waals surface area contributed by atoms with E-state index in [0.29, 0.717) is 22.3 Å². The van der Waals surface area contributed by atoms with Gasteiger partial charge in [-0.25, -0.2) is 4.39 Å². The third-order valence-corrected chi connectivity index (χ3v) is 3.50. The number of nitrogens with one attached hydrogen (secondary N) is 1. The summed E-state index contributed by atoms with van der Waals surface area (Å²) < 4.78 is 14.3. The first-order valence-electron chi connectivity index (χ1n) is 5.19. The van der Waals surface area contributed by atoms with Crippen LogP contribution in [0.1, 0.15) is 5.56 Å². The van der Waals surface area contributed by atoms with Gasteiger partial charge in [0.15, 0.2) is 0 Å². The quantitative estimate of drug-likeness (QED) is 0.771. The van der Waals surface area contributed by atoms with Crippen molar-refractivity contribution in [3.05, 3.63) is 62.3 Å². The summed E-state index contributed by atoms with van der Waals surface area (Å²) in [6, 6.07) is 9.91. The molecule has 0 aliphatic rings. The molecule has 0 heterocycles. The van der Waals surface area contributed by atoms with Crippen molar-refractivity contribution < 1.29 is 4.39 Å². The fourth-order valence-electron chi connectivity index (χ4n) is 1.50. The Morgan fingerprint density at radius 1 is 1.11 bits per heavy atom. The molecule has 0 unspecified atom stereocenters. The van der Waals surface area contributed by atoms with Crippen LogP contribution in [0.25, 0.3) is 0 Å². The van der Waals surface area contributed by atoms with Gasteiger partial charge in [0.05, 0.1) is 5.69 Å². The Hall–Kier alpha value is -0.770. The van der Waals surface area contributed by atoms with E-state index in [-0.39, 0.29) is 5.82 Å². The fourth-order valence-corrected chi connectivity index (χ4v) is 2.24. The minimum atomic E-state index is -0.309. The van der Waals surface area contributed by atoms with Crippen LogP contribution in [0.2, 0.25) is 10.0 Å². The third kappa shape index (κ3) is 3.37. The molecule has 0 saturated heterocycles. The smallest absolute Gasteiger partial charge is 0.146 e. The molecule has 0 radical (unpaired) electrons. The van der Waals surface area contributed by atoms with E-state index in [0.717, 1.165) is 10.0 Å². The molecule has 94 valence electrons. The van der Waals surface area contributed by atoms with Crippen LogP contribution in [0.4, 0.5) is 10.1 Å². The molecule has 1 nitrogen and oxygen atoms in total. The first-order chi connectivity index (χ1) is 8.56. The van der Waals surface area contributed by atoms with Crippen molar-refractivity contribution in [2.24, 2.45) is 0 Å². The molecule has 2 rings (SSSR count). The summed E-state index contributed by atoms with van der Waals surface area (Å²) in [4.78, 5) is 0. The van der Waals surface area contributed by atoms with Crippen LogP contribution in [0.5, 0.6) is 0 Å². The van der Waals surface area contributed by atoms with Crippen molar-refractivity contribution in [3.63, 3.8) is 0 Å². The van der Waals surface area contributed by atoms with Gasteiger partial charge in [-0.1, -0.05) is 39.1 Å². The molecular formula is C13H9BrCl2FN. The van der Waals surface area contributed by atoms with Crippen molar-refractivity contribution in [3.8, 4) is 0 Å². The summed E-state index contributed by atoms with van der Waals surface area (Å²) >= 11 is 15.2. The van der Waals surface area contributed by atoms with E-state index < -0.39 is 0 Å². The Balaban J connectivity index is 2.16. The average Bonchev–Trinajstić information content (AvgIpc) is 2.34. The summed E-state index contributed by atoms with van der Waals surface area (Å²) in [7, 11) is 0. The van der Waals surface area contributed by atoms with Crippen LogP contribution in [0.3, 0.4) is 0 Å². The highest BCUT2D eigenvalue weighted by atomic mass is 79.9. The van der Waals surface area contributed by atoms with Crippen molar-refractivity contribution in [1.29, 1.82) is 0 Å². The van der Waals surface area contributed by atoms with Gasteiger partial charge in [0, 0.05) is 21.1 Å². The van der Waals surface area contributed by atoms with Gasteiger partial charge in [0.1, 0.15) is 5.82 Å². The van der Waals surface area contributed by atoms with Crippen LogP contribution in [0.15, 0.2) is 40.9 Å². The lowest BCUT2D eigenvalue weighted by Crippen LogP contribution is -2.02. The van der Waals surface area contributed by atoms with Gasteiger partial charge in [-0.2, -0.15) is 0 Å². The van der Waals surface area contributed by atoms with Crippen molar-refractivity contribution in [2.75, 3.05) is 5.32 Å². The maximum atomic E-state index is 13.5. The summed E-state index contributed by atoms with van der Waals surface area (Å²) in [5.74, 6) is -0.309. The molecule has 2 aromatic rings. The highest BCUT2D eigenvalue weighted by molar-refractivity contribution is 9.10. The van der Waals surface area contributed by atoms with Crippen molar-refractivity contribution in [1.82, 2.24) is 0 Å². The Morgan fingerprint density at radius 2 is 1.89 bits per heavy atom. The molecule has 0 aliphatic heterocycles. The van der Waals surface area contributed by atoms with E-state index >= 15 is 0 Å². The predicted molar refractivity (Wildman–Crippen MR) is 77.9 cm³/mol. The van der Waals surface area contributed by atoms with E-state index in [1.54, 1.807) is 30.3 Å². The second kappa shape index (κ2) is 5.91. The first kappa shape index (κ1) is 13.7. The molecule has 0 spiro atoms. The van der Waals surface area contributed by atoms with Gasteiger partial charge in [0.25, 0.3) is 0 Å². The summed E-state index contributed by atoms with van der Waals surface area (Å²) in [6.07, 6.45) is 0. The normalized spacial score (nSPS) is 10.4. The van der Waals surface area contributed by atoms with E-state index in [2.05, 4.69) is 21.2 Å². The zero-order valence-electron chi connectivity index (χ0n) is 9.18. The van der Waals surface area contributed by atoms with Crippen molar-refractivity contribution in [2.45, 2.75) is 6.54 Å². The Kier molecular flexibility index (Phi) is 4.49. The predicted octanol–water partition coefficient (Wildman–Crippen LogP) is 5.51. The summed E-state index contributed by atoms with van der Waals surface area (Å²) in [5, 5.41) is 4.19. The molecule has 2 aromatic carbocycles. The number of halogens is 4. The number of anilines is 1. The maximum absolute atomic E-state index is 13.5. The standard InChI is InChI=1S/C13H9BrCl2FN/c14-9-1-4-12(17)13(6-9)18-7-8-5-10(15)2-3-11(8)16/h1-6,18H,7H2. The third-order valence-electron chi connectivity index (χ3n) is 2.41. The fraction of sp³-hybridized carbons (Fsp3) is 0.0769. The van der Waals surface area contributed by atoms with E-state index in [1.807, 2.05) is 0 Å². The van der Waals surface area contributed by atoms with Crippen LogP contribution >= 0.6 is 39.1 Å². The molecular weight excluding hydrogens is 340 g/mol. The van der Waals surface area contributed by atoms with Crippen LogP contribution in [-0.4, -0.2) is 0 Å². The maximum Gasteiger partial charge on any atom is 0.146 e. The molecule has 0 saturated carbocycles. The molecule has 18 heavy (non-hydrogen) atoms. The molecule has 1 N–H and O–H groups in total. The second-order valence-corrected chi connectivity index (χ2v) is 5.47. The minimum Gasteiger partial charge on any atom is -0.379 e. The average molecular weight is 349 g/mol. The molecule has 0 amide bonds. The lowest BCUT2D eigenvalue weighted by molar-refractivity contribution is 0.630. The van der Waals surface area contributed by atoms with Gasteiger partial charge < -0.3 is 5.32 Å². The first-order valence-corrected chi connectivity index (χ1v) is 6.74. The van der Waals surface area contributed by atoms with Crippen LogP contribution in [-0.2, 0) is 6.54 Å². The molecule has 0 fully saturated rings. The second-order valence-electron chi connectivity index (χ2n) is 3.71. The van der Waals surface area contributed by atoms with E-state index in [4.69, 9.17) is 23.2 Å². The van der Waals surface area contributed by atoms with Gasteiger partial charge >= 0.3 is 0 Å². The van der Waals surface area contributed by atoms with E-state index in [1.165, 1.54) is 6.07 Å². The van der Waals surface area contributed by atoms with Gasteiger partial charge in [-0.3, -0.25) is 0 Å². The van der Waals surface area contributed by atoms with Gasteiger partial charge in [-0.15, -0.1) is 0 Å². The zero-order chi connectivity index (χ0) is 13.1. The number of hydrogen-bond donors (Lipinski definition) is 1. The largest absolute Gasteiger partial charge is 0.379 e. The number of hydrogen-bond acceptors (Lipinski definition) is 1. The lowest BCUT2D eigenvalue weighted by atomic mass is 10.2. The monoisotopic (exact) mass is 347 g/mol. The van der Waals surface area contributed by atoms with E-state index in [9.17, 15) is 4.39 Å². The zero-order valence-corrected chi connectivity index (χ0v) is 12.3. The van der Waals surface area contributed by atoms with Crippen LogP contribution in [0, 0.1) is 5.82 Å².